The molecule has 20 heavy (non-hydrogen) atoms. The maximum atomic E-state index is 12.1. The number of ether oxygens (including phenoxy) is 1. The molecule has 0 unspecified atom stereocenters. The van der Waals surface area contributed by atoms with Gasteiger partial charge in [0.15, 0.2) is 6.61 Å². The summed E-state index contributed by atoms with van der Waals surface area (Å²) >= 11 is 0. The van der Waals surface area contributed by atoms with Crippen LogP contribution in [0, 0.1) is 0 Å². The fourth-order valence-corrected chi connectivity index (χ4v) is 2.51. The van der Waals surface area contributed by atoms with E-state index in [0.717, 1.165) is 6.42 Å². The second kappa shape index (κ2) is 6.72. The summed E-state index contributed by atoms with van der Waals surface area (Å²) in [5.74, 6) is 0.436. The molecule has 2 rings (SSSR count). The van der Waals surface area contributed by atoms with Gasteiger partial charge >= 0.3 is 0 Å². The molecule has 2 N–H and O–H groups in total. The number of rotatable bonds is 4. The molecular formula is C15H21NO4. The number of aliphatic hydroxyl groups is 2. The van der Waals surface area contributed by atoms with Crippen molar-refractivity contribution in [1.29, 1.82) is 0 Å². The monoisotopic (exact) mass is 279 g/mol. The molecule has 5 heteroatoms. The van der Waals surface area contributed by atoms with Crippen LogP contribution in [0.1, 0.15) is 19.3 Å². The Bertz CT molecular complexity index is 437. The highest BCUT2D eigenvalue weighted by Gasteiger charge is 2.34. The lowest BCUT2D eigenvalue weighted by molar-refractivity contribution is -0.140. The molecular weight excluding hydrogens is 258 g/mol. The normalized spacial score (nSPS) is 26.1. The summed E-state index contributed by atoms with van der Waals surface area (Å²) in [4.78, 5) is 13.6. The van der Waals surface area contributed by atoms with E-state index >= 15 is 0 Å². The fourth-order valence-electron chi connectivity index (χ4n) is 2.51. The van der Waals surface area contributed by atoms with Crippen molar-refractivity contribution in [2.24, 2.45) is 0 Å². The van der Waals surface area contributed by atoms with Crippen molar-refractivity contribution in [3.63, 3.8) is 0 Å². The Morgan fingerprint density at radius 2 is 2.00 bits per heavy atom. The number of hydrogen-bond acceptors (Lipinski definition) is 4. The van der Waals surface area contributed by atoms with Crippen LogP contribution in [-0.4, -0.2) is 52.9 Å². The Labute approximate surface area is 118 Å². The third kappa shape index (κ3) is 3.49. The number of aliphatic hydroxyl groups excluding tert-OH is 2. The smallest absolute Gasteiger partial charge is 0.260 e. The van der Waals surface area contributed by atoms with Gasteiger partial charge in [-0.15, -0.1) is 0 Å². The predicted molar refractivity (Wildman–Crippen MR) is 74.4 cm³/mol. The Morgan fingerprint density at radius 3 is 2.70 bits per heavy atom. The largest absolute Gasteiger partial charge is 0.484 e. The molecule has 0 radical (unpaired) electrons. The van der Waals surface area contributed by atoms with Gasteiger partial charge in [-0.1, -0.05) is 18.2 Å². The van der Waals surface area contributed by atoms with Crippen LogP contribution in [0.25, 0.3) is 0 Å². The van der Waals surface area contributed by atoms with E-state index in [1.807, 2.05) is 18.2 Å². The molecule has 0 aliphatic heterocycles. The van der Waals surface area contributed by atoms with Crippen molar-refractivity contribution in [2.45, 2.75) is 37.5 Å². The molecule has 3 atom stereocenters. The van der Waals surface area contributed by atoms with Gasteiger partial charge in [0, 0.05) is 7.05 Å². The lowest BCUT2D eigenvalue weighted by Crippen LogP contribution is -2.52. The number of amides is 1. The average Bonchev–Trinajstić information content (AvgIpc) is 2.48. The third-order valence-electron chi connectivity index (χ3n) is 3.78. The van der Waals surface area contributed by atoms with Gasteiger partial charge in [-0.3, -0.25) is 4.79 Å². The Hall–Kier alpha value is -1.59. The van der Waals surface area contributed by atoms with Crippen molar-refractivity contribution >= 4 is 5.91 Å². The molecule has 1 aromatic carbocycles. The van der Waals surface area contributed by atoms with Crippen LogP contribution in [0.5, 0.6) is 5.75 Å². The van der Waals surface area contributed by atoms with Gasteiger partial charge in [0.1, 0.15) is 11.9 Å². The summed E-state index contributed by atoms with van der Waals surface area (Å²) in [6.07, 6.45) is 0.458. The van der Waals surface area contributed by atoms with E-state index in [1.54, 1.807) is 19.2 Å². The zero-order valence-electron chi connectivity index (χ0n) is 11.6. The summed E-state index contributed by atoms with van der Waals surface area (Å²) in [6, 6.07) is 8.78. The van der Waals surface area contributed by atoms with E-state index < -0.39 is 12.2 Å². The highest BCUT2D eigenvalue weighted by molar-refractivity contribution is 5.77. The van der Waals surface area contributed by atoms with Crippen molar-refractivity contribution in [2.75, 3.05) is 13.7 Å². The molecule has 1 aromatic rings. The first-order valence-electron chi connectivity index (χ1n) is 6.89. The molecule has 1 aliphatic rings. The quantitative estimate of drug-likeness (QED) is 0.855. The topological polar surface area (TPSA) is 70.0 Å². The second-order valence-electron chi connectivity index (χ2n) is 5.16. The van der Waals surface area contributed by atoms with Gasteiger partial charge < -0.3 is 19.8 Å². The molecule has 0 heterocycles. The molecule has 1 fully saturated rings. The number of hydrogen-bond donors (Lipinski definition) is 2. The van der Waals surface area contributed by atoms with Gasteiger partial charge in [0.05, 0.1) is 12.1 Å². The van der Waals surface area contributed by atoms with Crippen LogP contribution in [-0.2, 0) is 4.79 Å². The lowest BCUT2D eigenvalue weighted by atomic mass is 9.89. The highest BCUT2D eigenvalue weighted by Crippen LogP contribution is 2.23. The van der Waals surface area contributed by atoms with Gasteiger partial charge in [0.25, 0.3) is 5.91 Å². The Kier molecular flexibility index (Phi) is 4.98. The minimum Gasteiger partial charge on any atom is -0.484 e. The highest BCUT2D eigenvalue weighted by atomic mass is 16.5. The minimum absolute atomic E-state index is 0.0696. The third-order valence-corrected chi connectivity index (χ3v) is 3.78. The first kappa shape index (κ1) is 14.8. The van der Waals surface area contributed by atoms with Crippen LogP contribution < -0.4 is 4.74 Å². The molecule has 0 saturated heterocycles. The summed E-state index contributed by atoms with van der Waals surface area (Å²) in [7, 11) is 1.64. The zero-order valence-corrected chi connectivity index (χ0v) is 11.6. The summed E-state index contributed by atoms with van der Waals surface area (Å²) in [5, 5.41) is 19.6. The van der Waals surface area contributed by atoms with E-state index in [-0.39, 0.29) is 18.6 Å². The van der Waals surface area contributed by atoms with Gasteiger partial charge in [-0.25, -0.2) is 0 Å². The van der Waals surface area contributed by atoms with Crippen molar-refractivity contribution < 1.29 is 19.7 Å². The lowest BCUT2D eigenvalue weighted by Gasteiger charge is -2.37. The van der Waals surface area contributed by atoms with Gasteiger partial charge in [0.2, 0.25) is 0 Å². The van der Waals surface area contributed by atoms with Crippen LogP contribution >= 0.6 is 0 Å². The molecule has 0 bridgehead atoms. The number of carbonyl (C=O) groups is 1. The average molecular weight is 279 g/mol. The standard InChI is InChI=1S/C15H21NO4/c1-16(12-8-5-9-13(17)15(12)19)14(18)10-20-11-6-3-2-4-7-11/h2-4,6-7,12-13,15,17,19H,5,8-10H2,1H3/t12-,13-,15-/m1/s1. The summed E-state index contributed by atoms with van der Waals surface area (Å²) in [5.41, 5.74) is 0. The van der Waals surface area contributed by atoms with Crippen LogP contribution in [0.15, 0.2) is 30.3 Å². The van der Waals surface area contributed by atoms with Crippen molar-refractivity contribution in [1.82, 2.24) is 4.90 Å². The van der Waals surface area contributed by atoms with Crippen LogP contribution in [0.3, 0.4) is 0 Å². The van der Waals surface area contributed by atoms with E-state index in [1.165, 1.54) is 4.90 Å². The number of likely N-dealkylation sites (N-methyl/N-ethyl adjacent to an activating group) is 1. The maximum Gasteiger partial charge on any atom is 0.260 e. The van der Waals surface area contributed by atoms with Crippen molar-refractivity contribution in [3.8, 4) is 5.75 Å². The summed E-state index contributed by atoms with van der Waals surface area (Å²) < 4.78 is 5.41. The number of para-hydroxylation sites is 1. The zero-order chi connectivity index (χ0) is 14.5. The Morgan fingerprint density at radius 1 is 1.30 bits per heavy atom. The molecule has 0 spiro atoms. The Balaban J connectivity index is 1.88. The first-order valence-corrected chi connectivity index (χ1v) is 6.89. The fraction of sp³-hybridized carbons (Fsp3) is 0.533. The number of carbonyl (C=O) groups excluding carboxylic acids is 1. The maximum absolute atomic E-state index is 12.1. The van der Waals surface area contributed by atoms with E-state index in [4.69, 9.17) is 4.74 Å². The van der Waals surface area contributed by atoms with Gasteiger partial charge in [-0.05, 0) is 31.4 Å². The summed E-state index contributed by atoms with van der Waals surface area (Å²) in [6.45, 7) is -0.0696. The van der Waals surface area contributed by atoms with E-state index in [0.29, 0.717) is 18.6 Å². The van der Waals surface area contributed by atoms with Crippen LogP contribution in [0.2, 0.25) is 0 Å². The van der Waals surface area contributed by atoms with Crippen molar-refractivity contribution in [3.05, 3.63) is 30.3 Å². The SMILES string of the molecule is CN(C(=O)COc1ccccc1)[C@@H]1CCC[C@@H](O)[C@@H]1O. The van der Waals surface area contributed by atoms with Crippen LogP contribution in [0.4, 0.5) is 0 Å². The molecule has 5 nitrogen and oxygen atoms in total. The molecule has 1 saturated carbocycles. The molecule has 110 valence electrons. The predicted octanol–water partition coefficient (Wildman–Crippen LogP) is 0.798. The second-order valence-corrected chi connectivity index (χ2v) is 5.16. The van der Waals surface area contributed by atoms with Gasteiger partial charge in [-0.2, -0.15) is 0 Å². The minimum atomic E-state index is -0.880. The van der Waals surface area contributed by atoms with E-state index in [9.17, 15) is 15.0 Å². The molecule has 0 aromatic heterocycles. The van der Waals surface area contributed by atoms with E-state index in [2.05, 4.69) is 0 Å². The number of nitrogens with zero attached hydrogens (tertiary/aromatic N) is 1. The first-order chi connectivity index (χ1) is 9.59. The molecule has 1 amide bonds. The molecule has 1 aliphatic carbocycles. The number of benzene rings is 1.